The second kappa shape index (κ2) is 12.0. The molecule has 1 saturated heterocycles. The van der Waals surface area contributed by atoms with E-state index in [2.05, 4.69) is 40.1 Å². The van der Waals surface area contributed by atoms with E-state index in [9.17, 15) is 27.5 Å². The highest BCUT2D eigenvalue weighted by molar-refractivity contribution is 7.15. The molecule has 0 amide bonds. The molecule has 2 aromatic rings. The molecule has 1 aliphatic rings. The van der Waals surface area contributed by atoms with Gasteiger partial charge in [0.2, 0.25) is 0 Å². The molecule has 2 heterocycles. The van der Waals surface area contributed by atoms with Crippen molar-refractivity contribution in [2.75, 3.05) is 26.8 Å². The van der Waals surface area contributed by atoms with Crippen molar-refractivity contribution >= 4 is 17.3 Å². The number of alkyl halides is 4. The van der Waals surface area contributed by atoms with Gasteiger partial charge in [-0.2, -0.15) is 17.6 Å². The Balaban J connectivity index is 1.89. The lowest BCUT2D eigenvalue weighted by Crippen LogP contribution is -2.53. The molecule has 0 unspecified atom stereocenters. The standard InChI is InChI=1S/C25H32F4N2O5S/c1-24(2,3)15-10-25(21(32)33,7-8-34-4)14-31(12-15)13-17-11-30-20(37-17)18-9-16(35-22(26)27)5-6-19(18)36-23(28)29/h5-6,9,11,15,22-23H,7-8,10,12-14H2,1-4H3,(H,32,33)/t15-,25-/m1/s1. The largest absolute Gasteiger partial charge is 0.481 e. The number of hydrogen-bond acceptors (Lipinski definition) is 7. The third-order valence-electron chi connectivity index (χ3n) is 6.66. The number of nitrogens with zero attached hydrogens (tertiary/aromatic N) is 2. The van der Waals surface area contributed by atoms with Crippen molar-refractivity contribution in [3.05, 3.63) is 29.3 Å². The Morgan fingerprint density at radius 2 is 1.95 bits per heavy atom. The number of likely N-dealkylation sites (tertiary alicyclic amines) is 1. The van der Waals surface area contributed by atoms with Crippen LogP contribution in [0.25, 0.3) is 10.6 Å². The van der Waals surface area contributed by atoms with Crippen molar-refractivity contribution in [3.63, 3.8) is 0 Å². The highest BCUT2D eigenvalue weighted by Crippen LogP contribution is 2.44. The van der Waals surface area contributed by atoms with Crippen LogP contribution in [0.15, 0.2) is 24.4 Å². The van der Waals surface area contributed by atoms with Gasteiger partial charge in [-0.3, -0.25) is 9.69 Å². The molecule has 1 fully saturated rings. The molecule has 0 radical (unpaired) electrons. The molecule has 1 aromatic heterocycles. The van der Waals surface area contributed by atoms with E-state index >= 15 is 0 Å². The molecule has 0 aliphatic carbocycles. The number of thiazole rings is 1. The van der Waals surface area contributed by atoms with Gasteiger partial charge in [0.15, 0.2) is 0 Å². The molecule has 0 bridgehead atoms. The molecule has 2 atom stereocenters. The van der Waals surface area contributed by atoms with E-state index in [1.807, 2.05) is 0 Å². The quantitative estimate of drug-likeness (QED) is 0.346. The van der Waals surface area contributed by atoms with Crippen LogP contribution in [0.1, 0.15) is 38.5 Å². The number of rotatable bonds is 11. The predicted molar refractivity (Wildman–Crippen MR) is 130 cm³/mol. The fraction of sp³-hybridized carbons (Fsp3) is 0.600. The van der Waals surface area contributed by atoms with Crippen molar-refractivity contribution in [2.45, 2.75) is 53.4 Å². The normalized spacial score (nSPS) is 21.0. The molecule has 0 spiro atoms. The monoisotopic (exact) mass is 548 g/mol. The van der Waals surface area contributed by atoms with E-state index in [-0.39, 0.29) is 28.4 Å². The average Bonchev–Trinajstić information content (AvgIpc) is 3.25. The Morgan fingerprint density at radius 3 is 2.54 bits per heavy atom. The molecule has 1 N–H and O–H groups in total. The number of piperidine rings is 1. The van der Waals surface area contributed by atoms with Crippen molar-refractivity contribution in [2.24, 2.45) is 16.7 Å². The van der Waals surface area contributed by atoms with Crippen molar-refractivity contribution in [3.8, 4) is 22.1 Å². The fourth-order valence-corrected chi connectivity index (χ4v) is 5.60. The number of carboxylic acid groups (broad SMARTS) is 1. The Labute approximate surface area is 217 Å². The van der Waals surface area contributed by atoms with Crippen molar-refractivity contribution < 1.29 is 41.7 Å². The molecule has 206 valence electrons. The first-order valence-electron chi connectivity index (χ1n) is 11.8. The van der Waals surface area contributed by atoms with Crippen LogP contribution >= 0.6 is 11.3 Å². The summed E-state index contributed by atoms with van der Waals surface area (Å²) in [5.74, 6) is -1.18. The van der Waals surface area contributed by atoms with E-state index in [0.717, 1.165) is 17.0 Å². The minimum Gasteiger partial charge on any atom is -0.481 e. The van der Waals surface area contributed by atoms with Crippen molar-refractivity contribution in [1.29, 1.82) is 0 Å². The molecule has 1 aliphatic heterocycles. The Kier molecular flexibility index (Phi) is 9.41. The van der Waals surface area contributed by atoms with E-state index in [4.69, 9.17) is 4.74 Å². The van der Waals surface area contributed by atoms with Gasteiger partial charge in [0.05, 0.1) is 11.0 Å². The maximum Gasteiger partial charge on any atom is 0.387 e. The second-order valence-corrected chi connectivity index (χ2v) is 11.4. The predicted octanol–water partition coefficient (Wildman–Crippen LogP) is 5.99. The highest BCUT2D eigenvalue weighted by atomic mass is 32.1. The first-order chi connectivity index (χ1) is 17.3. The molecule has 3 rings (SSSR count). The van der Waals surface area contributed by atoms with Crippen LogP contribution in [0, 0.1) is 16.7 Å². The van der Waals surface area contributed by atoms with Gasteiger partial charge < -0.3 is 19.3 Å². The van der Waals surface area contributed by atoms with Gasteiger partial charge in [0.1, 0.15) is 16.5 Å². The van der Waals surface area contributed by atoms with Crippen LogP contribution in [-0.4, -0.2) is 61.0 Å². The summed E-state index contributed by atoms with van der Waals surface area (Å²) in [6.45, 7) is 1.80. The van der Waals surface area contributed by atoms with Crippen LogP contribution < -0.4 is 9.47 Å². The average molecular weight is 549 g/mol. The third-order valence-corrected chi connectivity index (χ3v) is 7.68. The number of aliphatic carboxylic acids is 1. The zero-order valence-electron chi connectivity index (χ0n) is 21.2. The number of carbonyl (C=O) groups is 1. The van der Waals surface area contributed by atoms with E-state index in [0.29, 0.717) is 44.1 Å². The summed E-state index contributed by atoms with van der Waals surface area (Å²) in [6.07, 6.45) is 2.48. The maximum atomic E-state index is 12.9. The number of carboxylic acids is 1. The fourth-order valence-electron chi connectivity index (χ4n) is 4.62. The Bertz CT molecular complexity index is 1060. The molecule has 1 aromatic carbocycles. The van der Waals surface area contributed by atoms with Gasteiger partial charge in [-0.1, -0.05) is 20.8 Å². The lowest BCUT2D eigenvalue weighted by molar-refractivity contribution is -0.157. The van der Waals surface area contributed by atoms with Crippen LogP contribution in [-0.2, 0) is 16.1 Å². The van der Waals surface area contributed by atoms with Crippen LogP contribution in [0.5, 0.6) is 11.5 Å². The molecule has 0 saturated carbocycles. The molecule has 12 heteroatoms. The van der Waals surface area contributed by atoms with E-state index in [1.54, 1.807) is 13.3 Å². The summed E-state index contributed by atoms with van der Waals surface area (Å²) in [5, 5.41) is 10.5. The number of aromatic nitrogens is 1. The van der Waals surface area contributed by atoms with Gasteiger partial charge in [0, 0.05) is 44.4 Å². The summed E-state index contributed by atoms with van der Waals surface area (Å²) in [7, 11) is 1.55. The lowest BCUT2D eigenvalue weighted by atomic mass is 9.66. The zero-order valence-corrected chi connectivity index (χ0v) is 22.0. The minimum absolute atomic E-state index is 0.0980. The molecule has 7 nitrogen and oxygen atoms in total. The second-order valence-electron chi connectivity index (χ2n) is 10.3. The zero-order chi connectivity index (χ0) is 27.4. The van der Waals surface area contributed by atoms with Crippen LogP contribution in [0.2, 0.25) is 0 Å². The van der Waals surface area contributed by atoms with Crippen LogP contribution in [0.3, 0.4) is 0 Å². The summed E-state index contributed by atoms with van der Waals surface area (Å²) in [6, 6.07) is 3.44. The van der Waals surface area contributed by atoms with Gasteiger partial charge >= 0.3 is 19.2 Å². The summed E-state index contributed by atoms with van der Waals surface area (Å²) in [5.41, 5.74) is -1.00. The summed E-state index contributed by atoms with van der Waals surface area (Å²) < 4.78 is 65.5. The SMILES string of the molecule is COCC[C@@]1(C(=O)O)C[C@@H](C(C)(C)C)CN(Cc2cnc(-c3cc(OC(F)F)ccc3OC(F)F)s2)C1. The minimum atomic E-state index is -3.11. The summed E-state index contributed by atoms with van der Waals surface area (Å²) in [4.78, 5) is 19.6. The maximum absolute atomic E-state index is 12.9. The Morgan fingerprint density at radius 1 is 1.24 bits per heavy atom. The van der Waals surface area contributed by atoms with Gasteiger partial charge in [0.25, 0.3) is 0 Å². The number of halogens is 4. The first kappa shape index (κ1) is 29.1. The molecule has 37 heavy (non-hydrogen) atoms. The number of methoxy groups -OCH3 is 1. The molecular formula is C25H32F4N2O5S. The highest BCUT2D eigenvalue weighted by Gasteiger charge is 2.48. The van der Waals surface area contributed by atoms with Gasteiger partial charge in [-0.05, 0) is 42.4 Å². The number of benzene rings is 1. The topological polar surface area (TPSA) is 81.1 Å². The van der Waals surface area contributed by atoms with E-state index in [1.165, 1.54) is 17.4 Å². The third kappa shape index (κ3) is 7.55. The van der Waals surface area contributed by atoms with Gasteiger partial charge in [-0.15, -0.1) is 11.3 Å². The lowest BCUT2D eigenvalue weighted by Gasteiger charge is -2.48. The first-order valence-corrected chi connectivity index (χ1v) is 12.6. The van der Waals surface area contributed by atoms with E-state index < -0.39 is 24.6 Å². The van der Waals surface area contributed by atoms with Gasteiger partial charge in [-0.25, -0.2) is 4.98 Å². The number of hydrogen-bond donors (Lipinski definition) is 1. The number of ether oxygens (including phenoxy) is 3. The smallest absolute Gasteiger partial charge is 0.387 e. The summed E-state index contributed by atoms with van der Waals surface area (Å²) >= 11 is 1.19. The molecular weight excluding hydrogens is 516 g/mol. The Hall–Kier alpha value is -2.44. The van der Waals surface area contributed by atoms with Crippen molar-refractivity contribution in [1.82, 2.24) is 9.88 Å². The van der Waals surface area contributed by atoms with Crippen LogP contribution in [0.4, 0.5) is 17.6 Å².